The number of carbonyl (C=O) groups is 2. The number of hydrogen-bond donors (Lipinski definition) is 2. The molecule has 0 radical (unpaired) electrons. The molecule has 0 fully saturated rings. The Morgan fingerprint density at radius 3 is 2.61 bits per heavy atom. The van der Waals surface area contributed by atoms with E-state index < -0.39 is 12.0 Å². The summed E-state index contributed by atoms with van der Waals surface area (Å²) in [5.74, 6) is -0.779. The van der Waals surface area contributed by atoms with E-state index in [0.29, 0.717) is 22.1 Å². The summed E-state index contributed by atoms with van der Waals surface area (Å²) in [7, 11) is 1.31. The molecule has 1 aromatic heterocycles. The zero-order valence-corrected chi connectivity index (χ0v) is 12.0. The van der Waals surface area contributed by atoms with Gasteiger partial charge in [0.1, 0.15) is 4.88 Å². The van der Waals surface area contributed by atoms with Gasteiger partial charge in [-0.3, -0.25) is 4.79 Å². The molecule has 6 nitrogen and oxygen atoms in total. The first-order valence-electron chi connectivity index (χ1n) is 5.14. The predicted molar refractivity (Wildman–Crippen MR) is 72.4 cm³/mol. The maximum Gasteiger partial charge on any atom is 0.350 e. The van der Waals surface area contributed by atoms with Crippen molar-refractivity contribution < 1.29 is 14.3 Å². The molecule has 1 atom stereocenters. The SMILES string of the molecule is CCc1nc(NC(=O)C(C)N)sc1C(=O)OC.Cl. The molecule has 3 N–H and O–H groups in total. The van der Waals surface area contributed by atoms with Gasteiger partial charge in [0.05, 0.1) is 18.8 Å². The van der Waals surface area contributed by atoms with Crippen LogP contribution in [0.2, 0.25) is 0 Å². The number of nitrogens with two attached hydrogens (primary N) is 1. The Hall–Kier alpha value is -1.18. The van der Waals surface area contributed by atoms with Crippen LogP contribution in [0.25, 0.3) is 0 Å². The van der Waals surface area contributed by atoms with Crippen molar-refractivity contribution in [1.29, 1.82) is 0 Å². The quantitative estimate of drug-likeness (QED) is 0.814. The predicted octanol–water partition coefficient (Wildman–Crippen LogP) is 1.20. The topological polar surface area (TPSA) is 94.3 Å². The van der Waals surface area contributed by atoms with Crippen LogP contribution >= 0.6 is 23.7 Å². The van der Waals surface area contributed by atoms with E-state index in [1.807, 2.05) is 6.92 Å². The molecule has 0 spiro atoms. The fraction of sp³-hybridized carbons (Fsp3) is 0.500. The molecule has 0 aliphatic heterocycles. The van der Waals surface area contributed by atoms with Gasteiger partial charge in [0.2, 0.25) is 5.91 Å². The lowest BCUT2D eigenvalue weighted by Crippen LogP contribution is -2.32. The van der Waals surface area contributed by atoms with Crippen molar-refractivity contribution in [3.05, 3.63) is 10.6 Å². The third-order valence-electron chi connectivity index (χ3n) is 2.05. The van der Waals surface area contributed by atoms with Crippen LogP contribution in [0.4, 0.5) is 5.13 Å². The number of carbonyl (C=O) groups excluding carboxylic acids is 2. The van der Waals surface area contributed by atoms with Crippen LogP contribution in [0.1, 0.15) is 29.2 Å². The number of nitrogens with zero attached hydrogens (tertiary/aromatic N) is 1. The monoisotopic (exact) mass is 293 g/mol. The molecule has 1 unspecified atom stereocenters. The smallest absolute Gasteiger partial charge is 0.350 e. The van der Waals surface area contributed by atoms with Gasteiger partial charge >= 0.3 is 5.97 Å². The molecule has 102 valence electrons. The summed E-state index contributed by atoms with van der Waals surface area (Å²) in [6.45, 7) is 3.45. The number of halogens is 1. The van der Waals surface area contributed by atoms with Gasteiger partial charge in [-0.25, -0.2) is 9.78 Å². The standard InChI is InChI=1S/C10H15N3O3S.ClH/c1-4-6-7(9(15)16-3)17-10(12-6)13-8(14)5(2)11;/h5H,4,11H2,1-3H3,(H,12,13,14);1H. The van der Waals surface area contributed by atoms with Crippen molar-refractivity contribution >= 4 is 40.8 Å². The molecule has 18 heavy (non-hydrogen) atoms. The average molecular weight is 294 g/mol. The zero-order chi connectivity index (χ0) is 13.0. The number of ether oxygens (including phenoxy) is 1. The average Bonchev–Trinajstić information content (AvgIpc) is 2.70. The lowest BCUT2D eigenvalue weighted by atomic mass is 10.3. The highest BCUT2D eigenvalue weighted by Crippen LogP contribution is 2.24. The Balaban J connectivity index is 0.00000289. The molecule has 1 amide bonds. The van der Waals surface area contributed by atoms with Gasteiger partial charge in [-0.1, -0.05) is 18.3 Å². The molecule has 1 rings (SSSR count). The summed E-state index contributed by atoms with van der Waals surface area (Å²) in [5.41, 5.74) is 6.03. The number of rotatable bonds is 4. The lowest BCUT2D eigenvalue weighted by Gasteiger charge is -2.03. The number of anilines is 1. The maximum atomic E-state index is 11.4. The molecular formula is C10H16ClN3O3S. The zero-order valence-electron chi connectivity index (χ0n) is 10.4. The second-order valence-corrected chi connectivity index (χ2v) is 4.42. The summed E-state index contributed by atoms with van der Waals surface area (Å²) < 4.78 is 4.64. The summed E-state index contributed by atoms with van der Waals surface area (Å²) in [6.07, 6.45) is 0.592. The van der Waals surface area contributed by atoms with E-state index in [-0.39, 0.29) is 18.3 Å². The Morgan fingerprint density at radius 1 is 1.56 bits per heavy atom. The van der Waals surface area contributed by atoms with Crippen LogP contribution in [0, 0.1) is 0 Å². The van der Waals surface area contributed by atoms with E-state index in [9.17, 15) is 9.59 Å². The van der Waals surface area contributed by atoms with E-state index in [1.54, 1.807) is 6.92 Å². The summed E-state index contributed by atoms with van der Waals surface area (Å²) in [4.78, 5) is 27.4. The maximum absolute atomic E-state index is 11.4. The minimum atomic E-state index is -0.620. The third kappa shape index (κ3) is 3.94. The Kier molecular flexibility index (Phi) is 6.82. The van der Waals surface area contributed by atoms with E-state index in [0.717, 1.165) is 11.3 Å². The summed E-state index contributed by atoms with van der Waals surface area (Å²) in [6, 6.07) is -0.620. The van der Waals surface area contributed by atoms with E-state index >= 15 is 0 Å². The van der Waals surface area contributed by atoms with Crippen molar-refractivity contribution in [3.8, 4) is 0 Å². The van der Waals surface area contributed by atoms with Crippen molar-refractivity contribution in [2.45, 2.75) is 26.3 Å². The number of aryl methyl sites for hydroxylation is 1. The number of hydrogen-bond acceptors (Lipinski definition) is 6. The number of nitrogens with one attached hydrogen (secondary N) is 1. The van der Waals surface area contributed by atoms with E-state index in [2.05, 4.69) is 15.0 Å². The summed E-state index contributed by atoms with van der Waals surface area (Å²) in [5, 5.41) is 2.92. The third-order valence-corrected chi connectivity index (χ3v) is 3.04. The van der Waals surface area contributed by atoms with E-state index in [1.165, 1.54) is 7.11 Å². The fourth-order valence-electron chi connectivity index (χ4n) is 1.12. The molecule has 8 heteroatoms. The lowest BCUT2D eigenvalue weighted by molar-refractivity contribution is -0.117. The Bertz CT molecular complexity index is 434. The summed E-state index contributed by atoms with van der Waals surface area (Å²) >= 11 is 1.09. The van der Waals surface area contributed by atoms with Gasteiger partial charge in [-0.15, -0.1) is 12.4 Å². The van der Waals surface area contributed by atoms with Gasteiger partial charge < -0.3 is 15.8 Å². The first-order chi connectivity index (χ1) is 7.99. The molecule has 0 saturated heterocycles. The molecule has 1 heterocycles. The van der Waals surface area contributed by atoms with Crippen LogP contribution in [-0.2, 0) is 16.0 Å². The number of methoxy groups -OCH3 is 1. The van der Waals surface area contributed by atoms with E-state index in [4.69, 9.17) is 5.73 Å². The second-order valence-electron chi connectivity index (χ2n) is 3.42. The van der Waals surface area contributed by atoms with Crippen LogP contribution in [-0.4, -0.2) is 30.0 Å². The number of amides is 1. The first-order valence-corrected chi connectivity index (χ1v) is 5.95. The minimum Gasteiger partial charge on any atom is -0.465 e. The van der Waals surface area contributed by atoms with Crippen LogP contribution in [0.5, 0.6) is 0 Å². The van der Waals surface area contributed by atoms with Gasteiger partial charge in [-0.05, 0) is 13.3 Å². The van der Waals surface area contributed by atoms with Gasteiger partial charge in [-0.2, -0.15) is 0 Å². The van der Waals surface area contributed by atoms with Gasteiger partial charge in [0.15, 0.2) is 5.13 Å². The molecule has 1 aromatic rings. The second kappa shape index (κ2) is 7.30. The van der Waals surface area contributed by atoms with Crippen LogP contribution < -0.4 is 11.1 Å². The largest absolute Gasteiger partial charge is 0.465 e. The molecule has 0 aliphatic rings. The highest BCUT2D eigenvalue weighted by molar-refractivity contribution is 7.17. The van der Waals surface area contributed by atoms with Crippen molar-refractivity contribution in [1.82, 2.24) is 4.98 Å². The highest BCUT2D eigenvalue weighted by atomic mass is 35.5. The van der Waals surface area contributed by atoms with Gasteiger partial charge in [0.25, 0.3) is 0 Å². The van der Waals surface area contributed by atoms with Gasteiger partial charge in [0, 0.05) is 0 Å². The van der Waals surface area contributed by atoms with Crippen molar-refractivity contribution in [2.75, 3.05) is 12.4 Å². The number of aromatic nitrogens is 1. The number of esters is 1. The molecule has 0 bridgehead atoms. The Labute approximate surface area is 115 Å². The molecule has 0 aromatic carbocycles. The fourth-order valence-corrected chi connectivity index (χ4v) is 2.09. The molecular weight excluding hydrogens is 278 g/mol. The van der Waals surface area contributed by atoms with Crippen molar-refractivity contribution in [3.63, 3.8) is 0 Å². The minimum absolute atomic E-state index is 0. The Morgan fingerprint density at radius 2 is 2.17 bits per heavy atom. The van der Waals surface area contributed by atoms with Crippen LogP contribution in [0.3, 0.4) is 0 Å². The number of thiazole rings is 1. The normalized spacial score (nSPS) is 11.3. The van der Waals surface area contributed by atoms with Crippen LogP contribution in [0.15, 0.2) is 0 Å². The molecule has 0 saturated carbocycles. The van der Waals surface area contributed by atoms with Crippen molar-refractivity contribution in [2.24, 2.45) is 5.73 Å². The first kappa shape index (κ1) is 16.8. The highest BCUT2D eigenvalue weighted by Gasteiger charge is 2.19. The molecule has 0 aliphatic carbocycles.